The topological polar surface area (TPSA) is 114 Å². The smallest absolute Gasteiger partial charge is 0.289 e. The van der Waals surface area contributed by atoms with Gasteiger partial charge < -0.3 is 5.11 Å². The molecule has 0 radical (unpaired) electrons. The molecule has 1 aromatic carbocycles. The molecule has 0 fully saturated rings. The van der Waals surface area contributed by atoms with Crippen molar-refractivity contribution >= 4 is 12.2 Å². The van der Waals surface area contributed by atoms with Crippen molar-refractivity contribution < 1.29 is 5.11 Å². The van der Waals surface area contributed by atoms with Crippen LogP contribution in [0.2, 0.25) is 0 Å². The summed E-state index contributed by atoms with van der Waals surface area (Å²) >= 11 is 0. The highest BCUT2D eigenvalue weighted by Crippen LogP contribution is 2.12. The van der Waals surface area contributed by atoms with Crippen LogP contribution in [0, 0.1) is 13.8 Å². The van der Waals surface area contributed by atoms with E-state index in [2.05, 4.69) is 36.0 Å². The van der Waals surface area contributed by atoms with E-state index in [1.165, 1.54) is 6.21 Å². The number of nitrogens with zero attached hydrogens (tertiary/aromatic N) is 7. The van der Waals surface area contributed by atoms with Gasteiger partial charge in [-0.05, 0) is 32.0 Å². The first-order valence-electron chi connectivity index (χ1n) is 6.81. The minimum Gasteiger partial charge on any atom is -0.507 e. The number of para-hydroxylation sites is 1. The largest absolute Gasteiger partial charge is 0.507 e. The Morgan fingerprint density at radius 2 is 1.87 bits per heavy atom. The summed E-state index contributed by atoms with van der Waals surface area (Å²) in [5.41, 5.74) is 4.92. The number of phenolic OH excluding ortho intramolecular Hbond substituents is 1. The fraction of sp³-hybridized carbons (Fsp3) is 0.143. The standard InChI is InChI=1S/C14H14N8O/c1-9-7-10(2)22(21-9)14-19-17-13(18-20-14)16-15-8-11-5-3-4-6-12(11)23/h3-8,23H,1-2H3,(H,16,17,18)/b15-8+. The number of hydrogen-bond acceptors (Lipinski definition) is 8. The van der Waals surface area contributed by atoms with E-state index >= 15 is 0 Å². The first-order valence-corrected chi connectivity index (χ1v) is 6.81. The molecule has 2 N–H and O–H groups in total. The number of aromatic nitrogens is 6. The molecule has 0 saturated carbocycles. The number of benzene rings is 1. The number of nitrogens with one attached hydrogen (secondary N) is 1. The Labute approximate surface area is 131 Å². The summed E-state index contributed by atoms with van der Waals surface area (Å²) in [6, 6.07) is 8.73. The molecule has 9 heteroatoms. The monoisotopic (exact) mass is 310 g/mol. The summed E-state index contributed by atoms with van der Waals surface area (Å²) in [5.74, 6) is 0.558. The average Bonchev–Trinajstić information content (AvgIpc) is 2.88. The number of aromatic hydroxyl groups is 1. The lowest BCUT2D eigenvalue weighted by molar-refractivity contribution is 0.474. The van der Waals surface area contributed by atoms with Crippen LogP contribution < -0.4 is 5.43 Å². The zero-order chi connectivity index (χ0) is 16.2. The maximum Gasteiger partial charge on any atom is 0.289 e. The highest BCUT2D eigenvalue weighted by Gasteiger charge is 2.08. The Hall–Kier alpha value is -3.36. The molecule has 0 spiro atoms. The van der Waals surface area contributed by atoms with Crippen molar-refractivity contribution in [3.63, 3.8) is 0 Å². The van der Waals surface area contributed by atoms with Gasteiger partial charge in [0.25, 0.3) is 11.9 Å². The van der Waals surface area contributed by atoms with Crippen LogP contribution in [-0.2, 0) is 0 Å². The SMILES string of the molecule is Cc1cc(C)n(-c2nnc(N/N=C/c3ccccc3O)nn2)n1. The van der Waals surface area contributed by atoms with Crippen molar-refractivity contribution in [1.82, 2.24) is 30.2 Å². The minimum atomic E-state index is 0.134. The summed E-state index contributed by atoms with van der Waals surface area (Å²) in [4.78, 5) is 0. The fourth-order valence-electron chi connectivity index (χ4n) is 1.94. The molecule has 0 atom stereocenters. The van der Waals surface area contributed by atoms with Crippen LogP contribution >= 0.6 is 0 Å². The molecule has 2 aromatic heterocycles. The third-order valence-corrected chi connectivity index (χ3v) is 2.97. The second kappa shape index (κ2) is 6.18. The first kappa shape index (κ1) is 14.6. The second-order valence-corrected chi connectivity index (χ2v) is 4.79. The van der Waals surface area contributed by atoms with Crippen molar-refractivity contribution in [3.8, 4) is 11.7 Å². The highest BCUT2D eigenvalue weighted by atomic mass is 16.3. The van der Waals surface area contributed by atoms with E-state index in [1.54, 1.807) is 28.9 Å². The van der Waals surface area contributed by atoms with E-state index in [-0.39, 0.29) is 17.6 Å². The van der Waals surface area contributed by atoms with Gasteiger partial charge in [-0.2, -0.15) is 10.2 Å². The van der Waals surface area contributed by atoms with E-state index in [0.29, 0.717) is 5.56 Å². The molecule has 2 heterocycles. The van der Waals surface area contributed by atoms with Crippen molar-refractivity contribution in [1.29, 1.82) is 0 Å². The number of anilines is 1. The molecule has 0 saturated heterocycles. The Kier molecular flexibility index (Phi) is 3.91. The zero-order valence-electron chi connectivity index (χ0n) is 12.5. The highest BCUT2D eigenvalue weighted by molar-refractivity contribution is 5.83. The molecule has 9 nitrogen and oxygen atoms in total. The fourth-order valence-corrected chi connectivity index (χ4v) is 1.94. The van der Waals surface area contributed by atoms with Crippen molar-refractivity contribution in [2.24, 2.45) is 5.10 Å². The van der Waals surface area contributed by atoms with E-state index < -0.39 is 0 Å². The van der Waals surface area contributed by atoms with Gasteiger partial charge in [0.1, 0.15) is 5.75 Å². The van der Waals surface area contributed by atoms with Gasteiger partial charge >= 0.3 is 0 Å². The van der Waals surface area contributed by atoms with Crippen LogP contribution in [0.5, 0.6) is 5.75 Å². The summed E-state index contributed by atoms with van der Waals surface area (Å²) in [5, 5.41) is 33.5. The third-order valence-electron chi connectivity index (χ3n) is 2.97. The summed E-state index contributed by atoms with van der Waals surface area (Å²) < 4.78 is 1.56. The van der Waals surface area contributed by atoms with Crippen molar-refractivity contribution in [2.45, 2.75) is 13.8 Å². The molecule has 3 rings (SSSR count). The summed E-state index contributed by atoms with van der Waals surface area (Å²) in [7, 11) is 0. The Balaban J connectivity index is 1.71. The average molecular weight is 310 g/mol. The maximum absolute atomic E-state index is 9.61. The molecule has 0 amide bonds. The number of hydrogen-bond donors (Lipinski definition) is 2. The molecular weight excluding hydrogens is 296 g/mol. The Morgan fingerprint density at radius 3 is 2.52 bits per heavy atom. The molecule has 0 unspecified atom stereocenters. The lowest BCUT2D eigenvalue weighted by atomic mass is 10.2. The summed E-state index contributed by atoms with van der Waals surface area (Å²) in [6.07, 6.45) is 1.45. The van der Waals surface area contributed by atoms with Gasteiger partial charge in [-0.3, -0.25) is 0 Å². The maximum atomic E-state index is 9.61. The van der Waals surface area contributed by atoms with Gasteiger partial charge in [-0.1, -0.05) is 12.1 Å². The number of aryl methyl sites for hydroxylation is 2. The lowest BCUT2D eigenvalue weighted by Gasteiger charge is -2.01. The van der Waals surface area contributed by atoms with Crippen LogP contribution in [0.1, 0.15) is 17.0 Å². The molecule has 23 heavy (non-hydrogen) atoms. The van der Waals surface area contributed by atoms with E-state index in [9.17, 15) is 5.11 Å². The van der Waals surface area contributed by atoms with Gasteiger partial charge in [-0.25, -0.2) is 10.1 Å². The second-order valence-electron chi connectivity index (χ2n) is 4.79. The third kappa shape index (κ3) is 3.28. The molecule has 0 bridgehead atoms. The molecular formula is C14H14N8O. The lowest BCUT2D eigenvalue weighted by Crippen LogP contribution is -2.10. The number of phenols is 1. The molecule has 0 aliphatic rings. The van der Waals surface area contributed by atoms with Crippen LogP contribution in [0.15, 0.2) is 35.4 Å². The van der Waals surface area contributed by atoms with Crippen LogP contribution in [-0.4, -0.2) is 41.5 Å². The predicted molar refractivity (Wildman–Crippen MR) is 83.5 cm³/mol. The van der Waals surface area contributed by atoms with Crippen LogP contribution in [0.3, 0.4) is 0 Å². The quantitative estimate of drug-likeness (QED) is 0.550. The Bertz CT molecular complexity index is 840. The van der Waals surface area contributed by atoms with Gasteiger partial charge in [0.15, 0.2) is 0 Å². The zero-order valence-corrected chi connectivity index (χ0v) is 12.5. The van der Waals surface area contributed by atoms with Crippen molar-refractivity contribution in [2.75, 3.05) is 5.43 Å². The molecule has 0 aliphatic carbocycles. The van der Waals surface area contributed by atoms with Crippen LogP contribution in [0.4, 0.5) is 5.95 Å². The number of rotatable bonds is 4. The van der Waals surface area contributed by atoms with E-state index in [4.69, 9.17) is 0 Å². The molecule has 116 valence electrons. The van der Waals surface area contributed by atoms with Crippen molar-refractivity contribution in [3.05, 3.63) is 47.3 Å². The van der Waals surface area contributed by atoms with Gasteiger partial charge in [0, 0.05) is 11.3 Å². The van der Waals surface area contributed by atoms with E-state index in [0.717, 1.165) is 11.4 Å². The number of hydrazone groups is 1. The molecule has 0 aliphatic heterocycles. The van der Waals surface area contributed by atoms with Crippen LogP contribution in [0.25, 0.3) is 5.95 Å². The predicted octanol–water partition coefficient (Wildman–Crippen LogP) is 1.22. The molecule has 3 aromatic rings. The Morgan fingerprint density at radius 1 is 1.13 bits per heavy atom. The van der Waals surface area contributed by atoms with Gasteiger partial charge in [0.05, 0.1) is 11.9 Å². The first-order chi connectivity index (χ1) is 11.1. The summed E-state index contributed by atoms with van der Waals surface area (Å²) in [6.45, 7) is 3.78. The van der Waals surface area contributed by atoms with Gasteiger partial charge in [0.2, 0.25) is 0 Å². The van der Waals surface area contributed by atoms with E-state index in [1.807, 2.05) is 19.9 Å². The normalized spacial score (nSPS) is 11.0. The van der Waals surface area contributed by atoms with Gasteiger partial charge in [-0.15, -0.1) is 20.4 Å². The minimum absolute atomic E-state index is 0.134.